The van der Waals surface area contributed by atoms with Gasteiger partial charge in [0, 0.05) is 36.6 Å². The van der Waals surface area contributed by atoms with Gasteiger partial charge in [-0.3, -0.25) is 0 Å². The molecule has 3 aliphatic rings. The highest BCUT2D eigenvalue weighted by atomic mass is 16.5. The van der Waals surface area contributed by atoms with Gasteiger partial charge in [-0.1, -0.05) is 6.07 Å². The molecule has 3 fully saturated rings. The molecule has 5 rings (SSSR count). The summed E-state index contributed by atoms with van der Waals surface area (Å²) in [6.07, 6.45) is 5.94. The molecule has 0 amide bonds. The van der Waals surface area contributed by atoms with Gasteiger partial charge in [-0.2, -0.15) is 0 Å². The van der Waals surface area contributed by atoms with E-state index in [1.807, 2.05) is 19.2 Å². The Hall–Kier alpha value is -2.38. The Balaban J connectivity index is 1.40. The first-order chi connectivity index (χ1) is 13.7. The molecule has 2 bridgehead atoms. The zero-order valence-electron chi connectivity index (χ0n) is 16.1. The van der Waals surface area contributed by atoms with Crippen LogP contribution in [0.4, 0.5) is 23.1 Å². The van der Waals surface area contributed by atoms with Crippen LogP contribution in [0.2, 0.25) is 0 Å². The number of ether oxygens (including phenoxy) is 1. The summed E-state index contributed by atoms with van der Waals surface area (Å²) >= 11 is 0. The lowest BCUT2D eigenvalue weighted by atomic mass is 10.2. The van der Waals surface area contributed by atoms with Crippen LogP contribution in [0.25, 0.3) is 0 Å². The molecule has 4 heterocycles. The first-order valence-corrected chi connectivity index (χ1v) is 10.2. The van der Waals surface area contributed by atoms with Crippen LogP contribution in [0.15, 0.2) is 30.5 Å². The van der Waals surface area contributed by atoms with Crippen molar-refractivity contribution in [1.82, 2.24) is 9.97 Å². The summed E-state index contributed by atoms with van der Waals surface area (Å²) in [5.41, 5.74) is 2.44. The normalized spacial score (nSPS) is 24.4. The van der Waals surface area contributed by atoms with Gasteiger partial charge in [-0.25, -0.2) is 9.97 Å². The standard InChI is InChI=1S/C21H27N5O2/c1-13(11-27)23-20-7-16(26-10-18-6-17(26)12-28-18)8-21(25-20)24-19-5-4-15(9-22-19)14-2-3-14/h4-5,7-9,13-14,17-18,27H,2-3,6,10-12H2,1H3,(H2,22,23,24,25)/t13-,17?,18?/m0/s1. The van der Waals surface area contributed by atoms with Gasteiger partial charge in [0.25, 0.3) is 0 Å². The molecular formula is C21H27N5O2. The van der Waals surface area contributed by atoms with Gasteiger partial charge < -0.3 is 25.4 Å². The Labute approximate surface area is 165 Å². The van der Waals surface area contributed by atoms with Gasteiger partial charge in [-0.15, -0.1) is 0 Å². The third-order valence-corrected chi connectivity index (χ3v) is 5.80. The van der Waals surface area contributed by atoms with E-state index in [1.54, 1.807) is 0 Å². The first kappa shape index (κ1) is 17.7. The summed E-state index contributed by atoms with van der Waals surface area (Å²) in [4.78, 5) is 11.7. The number of rotatable bonds is 7. The number of hydrogen-bond acceptors (Lipinski definition) is 7. The second-order valence-electron chi connectivity index (χ2n) is 8.20. The van der Waals surface area contributed by atoms with Crippen LogP contribution in [0.5, 0.6) is 0 Å². The maximum Gasteiger partial charge on any atom is 0.135 e. The topological polar surface area (TPSA) is 82.5 Å². The van der Waals surface area contributed by atoms with E-state index in [2.05, 4.69) is 43.7 Å². The molecule has 0 radical (unpaired) electrons. The maximum atomic E-state index is 9.40. The zero-order valence-corrected chi connectivity index (χ0v) is 16.1. The number of nitrogens with zero attached hydrogens (tertiary/aromatic N) is 3. The van der Waals surface area contributed by atoms with Crippen LogP contribution >= 0.6 is 0 Å². The van der Waals surface area contributed by atoms with Crippen molar-refractivity contribution >= 4 is 23.1 Å². The average Bonchev–Trinajstić information content (AvgIpc) is 3.34. The molecule has 7 heteroatoms. The minimum Gasteiger partial charge on any atom is -0.394 e. The van der Waals surface area contributed by atoms with Crippen LogP contribution in [0, 0.1) is 0 Å². The van der Waals surface area contributed by atoms with E-state index in [0.29, 0.717) is 18.1 Å². The van der Waals surface area contributed by atoms with Gasteiger partial charge in [0.05, 0.1) is 25.4 Å². The summed E-state index contributed by atoms with van der Waals surface area (Å²) in [6, 6.07) is 8.68. The lowest BCUT2D eigenvalue weighted by molar-refractivity contribution is 0.0991. The van der Waals surface area contributed by atoms with Crippen molar-refractivity contribution in [2.45, 2.75) is 50.3 Å². The second kappa shape index (κ2) is 7.22. The molecule has 2 aliphatic heterocycles. The maximum absolute atomic E-state index is 9.40. The molecule has 148 valence electrons. The molecule has 7 nitrogen and oxygen atoms in total. The van der Waals surface area contributed by atoms with E-state index in [-0.39, 0.29) is 12.6 Å². The molecule has 2 aromatic rings. The highest BCUT2D eigenvalue weighted by Crippen LogP contribution is 2.40. The number of anilines is 4. The van der Waals surface area contributed by atoms with Gasteiger partial charge in [-0.05, 0) is 43.7 Å². The lowest BCUT2D eigenvalue weighted by Crippen LogP contribution is -2.37. The fourth-order valence-electron chi connectivity index (χ4n) is 4.10. The average molecular weight is 381 g/mol. The predicted molar refractivity (Wildman–Crippen MR) is 109 cm³/mol. The van der Waals surface area contributed by atoms with Crippen molar-refractivity contribution in [3.8, 4) is 0 Å². The molecule has 1 aliphatic carbocycles. The van der Waals surface area contributed by atoms with Crippen molar-refractivity contribution < 1.29 is 9.84 Å². The van der Waals surface area contributed by atoms with Crippen molar-refractivity contribution in [1.29, 1.82) is 0 Å². The van der Waals surface area contributed by atoms with E-state index in [1.165, 1.54) is 18.4 Å². The number of hydrogen-bond donors (Lipinski definition) is 3. The molecular weight excluding hydrogens is 354 g/mol. The lowest BCUT2D eigenvalue weighted by Gasteiger charge is -2.29. The number of nitrogens with one attached hydrogen (secondary N) is 2. The van der Waals surface area contributed by atoms with E-state index in [4.69, 9.17) is 4.74 Å². The number of aliphatic hydroxyl groups excluding tert-OH is 1. The molecule has 1 saturated carbocycles. The van der Waals surface area contributed by atoms with Gasteiger partial charge in [0.1, 0.15) is 17.5 Å². The minimum absolute atomic E-state index is 0.0567. The number of fused-ring (bicyclic) bond motifs is 2. The minimum atomic E-state index is -0.0649. The molecule has 28 heavy (non-hydrogen) atoms. The molecule has 3 N–H and O–H groups in total. The van der Waals surface area contributed by atoms with E-state index in [0.717, 1.165) is 42.7 Å². The summed E-state index contributed by atoms with van der Waals surface area (Å²) in [5, 5.41) is 16.0. The second-order valence-corrected chi connectivity index (χ2v) is 8.20. The summed E-state index contributed by atoms with van der Waals surface area (Å²) in [5.74, 6) is 2.99. The van der Waals surface area contributed by atoms with Crippen molar-refractivity contribution in [3.05, 3.63) is 36.0 Å². The fourth-order valence-corrected chi connectivity index (χ4v) is 4.10. The van der Waals surface area contributed by atoms with Crippen LogP contribution in [-0.4, -0.2) is 53.0 Å². The van der Waals surface area contributed by atoms with Gasteiger partial charge in [0.2, 0.25) is 0 Å². The Morgan fingerprint density at radius 1 is 1.25 bits per heavy atom. The third-order valence-electron chi connectivity index (χ3n) is 5.80. The predicted octanol–water partition coefficient (Wildman–Crippen LogP) is 2.87. The number of aliphatic hydroxyl groups is 1. The highest BCUT2D eigenvalue weighted by molar-refractivity contribution is 5.66. The molecule has 0 aromatic carbocycles. The van der Waals surface area contributed by atoms with Gasteiger partial charge >= 0.3 is 0 Å². The number of aromatic nitrogens is 2. The third kappa shape index (κ3) is 3.64. The molecule has 2 saturated heterocycles. The van der Waals surface area contributed by atoms with E-state index < -0.39 is 0 Å². The Bertz CT molecular complexity index is 839. The van der Waals surface area contributed by atoms with Crippen molar-refractivity contribution in [2.24, 2.45) is 0 Å². The first-order valence-electron chi connectivity index (χ1n) is 10.2. The van der Waals surface area contributed by atoms with Gasteiger partial charge in [0.15, 0.2) is 0 Å². The fraction of sp³-hybridized carbons (Fsp3) is 0.524. The van der Waals surface area contributed by atoms with E-state index in [9.17, 15) is 5.11 Å². The zero-order chi connectivity index (χ0) is 19.1. The molecule has 0 spiro atoms. The Morgan fingerprint density at radius 3 is 2.75 bits per heavy atom. The van der Waals surface area contributed by atoms with Crippen LogP contribution in [0.3, 0.4) is 0 Å². The molecule has 2 aromatic heterocycles. The molecule has 2 unspecified atom stereocenters. The Kier molecular flexibility index (Phi) is 4.56. The van der Waals surface area contributed by atoms with Crippen molar-refractivity contribution in [3.63, 3.8) is 0 Å². The summed E-state index contributed by atoms with van der Waals surface area (Å²) in [6.45, 7) is 3.69. The largest absolute Gasteiger partial charge is 0.394 e. The number of morpholine rings is 1. The van der Waals surface area contributed by atoms with Crippen molar-refractivity contribution in [2.75, 3.05) is 35.3 Å². The molecule has 3 atom stereocenters. The highest BCUT2D eigenvalue weighted by Gasteiger charge is 2.39. The SMILES string of the molecule is C[C@@H](CO)Nc1cc(N2CC3CC2CO3)cc(Nc2ccc(C3CC3)cn2)n1. The summed E-state index contributed by atoms with van der Waals surface area (Å²) in [7, 11) is 0. The van der Waals surface area contributed by atoms with E-state index >= 15 is 0 Å². The van der Waals surface area contributed by atoms with Crippen LogP contribution < -0.4 is 15.5 Å². The number of pyridine rings is 2. The Morgan fingerprint density at radius 2 is 2.11 bits per heavy atom. The quantitative estimate of drug-likeness (QED) is 0.680. The van der Waals surface area contributed by atoms with Crippen LogP contribution in [0.1, 0.15) is 37.7 Å². The monoisotopic (exact) mass is 381 g/mol. The smallest absolute Gasteiger partial charge is 0.135 e. The van der Waals surface area contributed by atoms with Crippen LogP contribution in [-0.2, 0) is 4.74 Å². The summed E-state index contributed by atoms with van der Waals surface area (Å²) < 4.78 is 5.75.